The Morgan fingerprint density at radius 3 is 2.15 bits per heavy atom. The maximum Gasteiger partial charge on any atom is 0.204 e. The van der Waals surface area contributed by atoms with E-state index in [1.807, 2.05) is 42.5 Å². The fraction of sp³-hybridized carbons (Fsp3) is 0.222. The van der Waals surface area contributed by atoms with Crippen molar-refractivity contribution in [1.29, 1.82) is 0 Å². The van der Waals surface area contributed by atoms with E-state index in [1.54, 1.807) is 28.4 Å². The zero-order valence-electron chi connectivity index (χ0n) is 19.1. The third kappa shape index (κ3) is 3.48. The van der Waals surface area contributed by atoms with E-state index in [0.717, 1.165) is 33.3 Å². The lowest BCUT2D eigenvalue weighted by molar-refractivity contribution is 0.273. The number of methoxy groups -OCH3 is 4. The van der Waals surface area contributed by atoms with Gasteiger partial charge in [0.15, 0.2) is 23.0 Å². The molecule has 3 aromatic carbocycles. The molecule has 1 aromatic heterocycles. The van der Waals surface area contributed by atoms with Crippen molar-refractivity contribution < 1.29 is 23.7 Å². The van der Waals surface area contributed by atoms with Crippen LogP contribution in [0.15, 0.2) is 54.6 Å². The van der Waals surface area contributed by atoms with E-state index >= 15 is 0 Å². The van der Waals surface area contributed by atoms with Crippen LogP contribution in [0.1, 0.15) is 16.8 Å². The van der Waals surface area contributed by atoms with Crippen molar-refractivity contribution in [2.24, 2.45) is 0 Å². The van der Waals surface area contributed by atoms with Crippen molar-refractivity contribution in [2.45, 2.75) is 13.0 Å². The Hall–Kier alpha value is -3.93. The zero-order valence-corrected chi connectivity index (χ0v) is 19.1. The maximum atomic E-state index is 6.19. The molecule has 0 aliphatic carbocycles. The topological polar surface area (TPSA) is 59.0 Å². The Bertz CT molecular complexity index is 1330. The highest BCUT2D eigenvalue weighted by Gasteiger charge is 2.28. The van der Waals surface area contributed by atoms with Crippen LogP contribution in [0.3, 0.4) is 0 Å². The number of ether oxygens (including phenoxy) is 5. The van der Waals surface area contributed by atoms with Crippen LogP contribution >= 0.6 is 0 Å². The molecule has 0 spiro atoms. The molecule has 0 fully saturated rings. The standard InChI is InChI=1S/C27H25NO5/c1-29-22-11-10-17-25-20(15-33-26(17)27(22)32-4)18-13-23(30-2)24(31-3)14-19(18)21(28-25)12-16-8-6-5-7-9-16/h5-11,13-14H,12,15H2,1-4H3. The van der Waals surface area contributed by atoms with Gasteiger partial charge in [-0.15, -0.1) is 0 Å². The molecule has 0 bridgehead atoms. The Labute approximate surface area is 192 Å². The summed E-state index contributed by atoms with van der Waals surface area (Å²) in [6, 6.07) is 18.2. The van der Waals surface area contributed by atoms with Gasteiger partial charge in [0.2, 0.25) is 5.75 Å². The molecule has 0 radical (unpaired) electrons. The van der Waals surface area contributed by atoms with Crippen LogP contribution in [0, 0.1) is 0 Å². The molecule has 0 unspecified atom stereocenters. The maximum absolute atomic E-state index is 6.19. The lowest BCUT2D eigenvalue weighted by atomic mass is 9.93. The molecule has 1 aliphatic rings. The first-order valence-corrected chi connectivity index (χ1v) is 10.7. The molecule has 0 N–H and O–H groups in total. The molecule has 0 amide bonds. The second-order valence-electron chi connectivity index (χ2n) is 7.77. The van der Waals surface area contributed by atoms with Gasteiger partial charge in [-0.05, 0) is 35.2 Å². The second-order valence-corrected chi connectivity index (χ2v) is 7.77. The summed E-state index contributed by atoms with van der Waals surface area (Å²) in [5.41, 5.74) is 4.89. The molecular formula is C27H25NO5. The SMILES string of the molecule is COc1cc2c(Cc3ccccc3)nc3c(c2cc1OC)COc1c-3ccc(OC)c1OC. The van der Waals surface area contributed by atoms with Crippen molar-refractivity contribution in [3.8, 4) is 40.0 Å². The molecule has 6 heteroatoms. The largest absolute Gasteiger partial charge is 0.493 e. The number of nitrogens with zero attached hydrogens (tertiary/aromatic N) is 1. The molecule has 1 aliphatic heterocycles. The lowest BCUT2D eigenvalue weighted by Gasteiger charge is -2.25. The van der Waals surface area contributed by atoms with Gasteiger partial charge < -0.3 is 23.7 Å². The highest BCUT2D eigenvalue weighted by molar-refractivity contribution is 5.96. The predicted octanol–water partition coefficient (Wildman–Crippen LogP) is 5.42. The minimum absolute atomic E-state index is 0.358. The number of hydrogen-bond donors (Lipinski definition) is 0. The van der Waals surface area contributed by atoms with Gasteiger partial charge in [0.25, 0.3) is 0 Å². The molecule has 5 rings (SSSR count). The summed E-state index contributed by atoms with van der Waals surface area (Å²) in [5.74, 6) is 3.17. The molecule has 2 heterocycles. The minimum atomic E-state index is 0.358. The van der Waals surface area contributed by atoms with E-state index in [2.05, 4.69) is 12.1 Å². The smallest absolute Gasteiger partial charge is 0.204 e. The number of benzene rings is 3. The molecule has 168 valence electrons. The van der Waals surface area contributed by atoms with Gasteiger partial charge in [0.1, 0.15) is 6.61 Å². The number of rotatable bonds is 6. The first-order chi connectivity index (χ1) is 16.2. The second kappa shape index (κ2) is 8.54. The van der Waals surface area contributed by atoms with Gasteiger partial charge in [-0.1, -0.05) is 30.3 Å². The van der Waals surface area contributed by atoms with Crippen LogP contribution in [0.4, 0.5) is 0 Å². The molecule has 0 saturated heterocycles. The summed E-state index contributed by atoms with van der Waals surface area (Å²) in [5, 5.41) is 2.05. The Morgan fingerprint density at radius 2 is 1.48 bits per heavy atom. The monoisotopic (exact) mass is 443 g/mol. The van der Waals surface area contributed by atoms with Gasteiger partial charge in [0.05, 0.1) is 39.8 Å². The fourth-order valence-electron chi connectivity index (χ4n) is 4.42. The minimum Gasteiger partial charge on any atom is -0.493 e. The summed E-state index contributed by atoms with van der Waals surface area (Å²) >= 11 is 0. The quantitative estimate of drug-likeness (QED) is 0.397. The number of hydrogen-bond acceptors (Lipinski definition) is 6. The first-order valence-electron chi connectivity index (χ1n) is 10.7. The summed E-state index contributed by atoms with van der Waals surface area (Å²) in [4.78, 5) is 5.17. The Kier molecular flexibility index (Phi) is 5.42. The molecule has 6 nitrogen and oxygen atoms in total. The number of pyridine rings is 1. The van der Waals surface area contributed by atoms with Crippen LogP contribution in [0.2, 0.25) is 0 Å². The van der Waals surface area contributed by atoms with E-state index in [9.17, 15) is 0 Å². The van der Waals surface area contributed by atoms with E-state index in [-0.39, 0.29) is 0 Å². The Morgan fingerprint density at radius 1 is 0.788 bits per heavy atom. The zero-order chi connectivity index (χ0) is 22.9. The summed E-state index contributed by atoms with van der Waals surface area (Å²) in [6.45, 7) is 0.358. The molecule has 4 aromatic rings. The molecule has 33 heavy (non-hydrogen) atoms. The fourth-order valence-corrected chi connectivity index (χ4v) is 4.42. The summed E-state index contributed by atoms with van der Waals surface area (Å²) in [6.07, 6.45) is 0.684. The normalized spacial score (nSPS) is 11.9. The third-order valence-corrected chi connectivity index (χ3v) is 6.02. The van der Waals surface area contributed by atoms with Crippen molar-refractivity contribution in [3.63, 3.8) is 0 Å². The van der Waals surface area contributed by atoms with Gasteiger partial charge >= 0.3 is 0 Å². The van der Waals surface area contributed by atoms with Crippen LogP contribution in [-0.2, 0) is 13.0 Å². The van der Waals surface area contributed by atoms with Crippen molar-refractivity contribution in [2.75, 3.05) is 28.4 Å². The molecular weight excluding hydrogens is 418 g/mol. The number of fused-ring (bicyclic) bond motifs is 5. The van der Waals surface area contributed by atoms with Crippen molar-refractivity contribution >= 4 is 10.8 Å². The van der Waals surface area contributed by atoms with E-state index in [1.165, 1.54) is 5.56 Å². The summed E-state index contributed by atoms with van der Waals surface area (Å²) < 4.78 is 28.5. The third-order valence-electron chi connectivity index (χ3n) is 6.02. The predicted molar refractivity (Wildman–Crippen MR) is 127 cm³/mol. The number of aromatic nitrogens is 1. The van der Waals surface area contributed by atoms with Gasteiger partial charge in [0, 0.05) is 22.9 Å². The van der Waals surface area contributed by atoms with E-state index < -0.39 is 0 Å². The van der Waals surface area contributed by atoms with Crippen LogP contribution in [-0.4, -0.2) is 33.4 Å². The van der Waals surface area contributed by atoms with E-state index in [4.69, 9.17) is 28.7 Å². The van der Waals surface area contributed by atoms with Crippen LogP contribution in [0.5, 0.6) is 28.7 Å². The highest BCUT2D eigenvalue weighted by Crippen LogP contribution is 2.49. The molecule has 0 atom stereocenters. The van der Waals surface area contributed by atoms with Crippen LogP contribution in [0.25, 0.3) is 22.0 Å². The first kappa shape index (κ1) is 20.9. The molecule has 0 saturated carbocycles. The average Bonchev–Trinajstić information content (AvgIpc) is 2.87. The van der Waals surface area contributed by atoms with Crippen molar-refractivity contribution in [3.05, 3.63) is 71.4 Å². The van der Waals surface area contributed by atoms with Crippen molar-refractivity contribution in [1.82, 2.24) is 4.98 Å². The van der Waals surface area contributed by atoms with Gasteiger partial charge in [-0.2, -0.15) is 0 Å². The lowest BCUT2D eigenvalue weighted by Crippen LogP contribution is -2.11. The van der Waals surface area contributed by atoms with Gasteiger partial charge in [-0.25, -0.2) is 0 Å². The van der Waals surface area contributed by atoms with Gasteiger partial charge in [-0.3, -0.25) is 4.98 Å². The average molecular weight is 443 g/mol. The highest BCUT2D eigenvalue weighted by atomic mass is 16.5. The van der Waals surface area contributed by atoms with E-state index in [0.29, 0.717) is 41.8 Å². The van der Waals surface area contributed by atoms with Crippen LogP contribution < -0.4 is 23.7 Å². The Balaban J connectivity index is 1.80. The summed E-state index contributed by atoms with van der Waals surface area (Å²) in [7, 11) is 6.52.